The van der Waals surface area contributed by atoms with Gasteiger partial charge in [-0.1, -0.05) is 24.3 Å². The number of hydrogen-bond donors (Lipinski definition) is 0. The van der Waals surface area contributed by atoms with Gasteiger partial charge in [0.05, 0.1) is 12.7 Å². The van der Waals surface area contributed by atoms with Crippen LogP contribution in [0.1, 0.15) is 22.0 Å². The zero-order valence-corrected chi connectivity index (χ0v) is 10.8. The Balaban J connectivity index is 1.99. The first-order chi connectivity index (χ1) is 9.70. The molecule has 3 rings (SSSR count). The third-order valence-corrected chi connectivity index (χ3v) is 3.26. The Morgan fingerprint density at radius 1 is 1.00 bits per heavy atom. The van der Waals surface area contributed by atoms with E-state index in [4.69, 9.17) is 9.47 Å². The van der Waals surface area contributed by atoms with E-state index in [2.05, 4.69) is 0 Å². The first-order valence-corrected chi connectivity index (χ1v) is 6.19. The molecule has 1 aliphatic heterocycles. The Morgan fingerprint density at radius 2 is 1.70 bits per heavy atom. The van der Waals surface area contributed by atoms with E-state index in [1.54, 1.807) is 55.6 Å². The van der Waals surface area contributed by atoms with E-state index in [-0.39, 0.29) is 0 Å². The molecule has 1 heterocycles. The van der Waals surface area contributed by atoms with Gasteiger partial charge in [0.2, 0.25) is 11.6 Å². The molecule has 0 spiro atoms. The van der Waals surface area contributed by atoms with Gasteiger partial charge in [-0.2, -0.15) is 0 Å². The molecule has 0 aromatic heterocycles. The van der Waals surface area contributed by atoms with Crippen molar-refractivity contribution in [2.45, 2.75) is 6.10 Å². The van der Waals surface area contributed by atoms with Gasteiger partial charge in [0.15, 0.2) is 6.10 Å². The van der Waals surface area contributed by atoms with Crippen LogP contribution in [-0.4, -0.2) is 18.7 Å². The van der Waals surface area contributed by atoms with Gasteiger partial charge in [0, 0.05) is 5.56 Å². The van der Waals surface area contributed by atoms with Crippen molar-refractivity contribution in [1.29, 1.82) is 0 Å². The molecule has 0 amide bonds. The molecule has 4 heteroatoms. The van der Waals surface area contributed by atoms with Crippen LogP contribution in [0.3, 0.4) is 0 Å². The molecule has 2 aromatic rings. The van der Waals surface area contributed by atoms with Crippen molar-refractivity contribution in [1.82, 2.24) is 0 Å². The fourth-order valence-electron chi connectivity index (χ4n) is 2.19. The molecular weight excluding hydrogens is 256 g/mol. The van der Waals surface area contributed by atoms with Crippen LogP contribution in [0.15, 0.2) is 48.5 Å². The van der Waals surface area contributed by atoms with Gasteiger partial charge in [0.25, 0.3) is 0 Å². The fourth-order valence-corrected chi connectivity index (χ4v) is 2.19. The van der Waals surface area contributed by atoms with Gasteiger partial charge in [-0.25, -0.2) is 0 Å². The Bertz CT molecular complexity index is 673. The summed E-state index contributed by atoms with van der Waals surface area (Å²) >= 11 is 0. The summed E-state index contributed by atoms with van der Waals surface area (Å²) in [5, 5.41) is 0. The number of benzene rings is 2. The number of carbonyl (C=O) groups is 2. The maximum absolute atomic E-state index is 12.1. The minimum absolute atomic E-state index is 0.322. The largest absolute Gasteiger partial charge is 0.497 e. The van der Waals surface area contributed by atoms with Crippen molar-refractivity contribution in [3.05, 3.63) is 59.7 Å². The lowest BCUT2D eigenvalue weighted by Gasteiger charge is -2.24. The number of rotatable bonds is 2. The summed E-state index contributed by atoms with van der Waals surface area (Å²) in [6.07, 6.45) is -0.886. The number of ketones is 2. The maximum Gasteiger partial charge on any atom is 0.248 e. The minimum Gasteiger partial charge on any atom is -0.497 e. The lowest BCUT2D eigenvalue weighted by molar-refractivity contribution is -0.122. The van der Waals surface area contributed by atoms with Gasteiger partial charge in [0.1, 0.15) is 11.5 Å². The Kier molecular flexibility index (Phi) is 2.99. The van der Waals surface area contributed by atoms with E-state index < -0.39 is 17.7 Å². The van der Waals surface area contributed by atoms with Gasteiger partial charge >= 0.3 is 0 Å². The van der Waals surface area contributed by atoms with Crippen LogP contribution < -0.4 is 9.47 Å². The fraction of sp³-hybridized carbons (Fsp3) is 0.125. The van der Waals surface area contributed by atoms with Crippen molar-refractivity contribution in [3.63, 3.8) is 0 Å². The molecule has 20 heavy (non-hydrogen) atoms. The van der Waals surface area contributed by atoms with E-state index in [0.29, 0.717) is 22.6 Å². The molecule has 0 saturated carbocycles. The monoisotopic (exact) mass is 268 g/mol. The average molecular weight is 268 g/mol. The predicted octanol–water partition coefficient (Wildman–Crippen LogP) is 2.58. The summed E-state index contributed by atoms with van der Waals surface area (Å²) in [6.45, 7) is 0. The molecule has 1 unspecified atom stereocenters. The third-order valence-electron chi connectivity index (χ3n) is 3.26. The SMILES string of the molecule is COc1ccc(C2Oc3ccccc3C(=O)C2=O)cc1. The minimum atomic E-state index is -0.886. The number of para-hydroxylation sites is 1. The molecule has 1 aliphatic rings. The quantitative estimate of drug-likeness (QED) is 0.785. The molecule has 100 valence electrons. The van der Waals surface area contributed by atoms with Crippen molar-refractivity contribution < 1.29 is 19.1 Å². The maximum atomic E-state index is 12.1. The highest BCUT2D eigenvalue weighted by molar-refractivity contribution is 6.46. The van der Waals surface area contributed by atoms with Crippen LogP contribution in [-0.2, 0) is 4.79 Å². The molecule has 4 nitrogen and oxygen atoms in total. The van der Waals surface area contributed by atoms with Crippen molar-refractivity contribution >= 4 is 11.6 Å². The molecule has 1 atom stereocenters. The van der Waals surface area contributed by atoms with Crippen LogP contribution in [0.4, 0.5) is 0 Å². The molecule has 2 aromatic carbocycles. The molecule has 0 radical (unpaired) electrons. The number of ether oxygens (including phenoxy) is 2. The van der Waals surface area contributed by atoms with Gasteiger partial charge in [-0.05, 0) is 24.3 Å². The highest BCUT2D eigenvalue weighted by atomic mass is 16.5. The first kappa shape index (κ1) is 12.4. The normalized spacial score (nSPS) is 17.4. The topological polar surface area (TPSA) is 52.6 Å². The first-order valence-electron chi connectivity index (χ1n) is 6.19. The number of fused-ring (bicyclic) bond motifs is 1. The predicted molar refractivity (Wildman–Crippen MR) is 72.1 cm³/mol. The zero-order valence-electron chi connectivity index (χ0n) is 10.8. The van der Waals surface area contributed by atoms with Gasteiger partial charge in [-0.3, -0.25) is 9.59 Å². The summed E-state index contributed by atoms with van der Waals surface area (Å²) in [5.74, 6) is 0.0724. The van der Waals surface area contributed by atoms with Crippen molar-refractivity contribution in [3.8, 4) is 11.5 Å². The second-order valence-corrected chi connectivity index (χ2v) is 4.46. The molecule has 0 N–H and O–H groups in total. The van der Waals surface area contributed by atoms with Crippen LogP contribution in [0.5, 0.6) is 11.5 Å². The number of carbonyl (C=O) groups excluding carboxylic acids is 2. The van der Waals surface area contributed by atoms with Gasteiger partial charge < -0.3 is 9.47 Å². The van der Waals surface area contributed by atoms with E-state index in [1.165, 1.54) is 0 Å². The summed E-state index contributed by atoms with van der Waals surface area (Å²) < 4.78 is 10.7. The van der Waals surface area contributed by atoms with Crippen LogP contribution >= 0.6 is 0 Å². The smallest absolute Gasteiger partial charge is 0.248 e. The standard InChI is InChI=1S/C16H12O4/c1-19-11-8-6-10(7-9-11)16-15(18)14(17)12-4-2-3-5-13(12)20-16/h2-9,16H,1H3. The van der Waals surface area contributed by atoms with Crippen LogP contribution in [0.2, 0.25) is 0 Å². The molecular formula is C16H12O4. The second kappa shape index (κ2) is 4.81. The number of methoxy groups -OCH3 is 1. The lowest BCUT2D eigenvalue weighted by atomic mass is 9.95. The van der Waals surface area contributed by atoms with E-state index in [1.807, 2.05) is 0 Å². The Morgan fingerprint density at radius 3 is 2.40 bits per heavy atom. The van der Waals surface area contributed by atoms with E-state index >= 15 is 0 Å². The van der Waals surface area contributed by atoms with Crippen molar-refractivity contribution in [2.75, 3.05) is 7.11 Å². The lowest BCUT2D eigenvalue weighted by Crippen LogP contribution is -2.31. The highest BCUT2D eigenvalue weighted by Gasteiger charge is 2.36. The van der Waals surface area contributed by atoms with Crippen LogP contribution in [0, 0.1) is 0 Å². The average Bonchev–Trinajstić information content (AvgIpc) is 2.51. The molecule has 0 aliphatic carbocycles. The number of hydrogen-bond acceptors (Lipinski definition) is 4. The molecule has 0 fully saturated rings. The molecule has 0 bridgehead atoms. The second-order valence-electron chi connectivity index (χ2n) is 4.46. The highest BCUT2D eigenvalue weighted by Crippen LogP contribution is 2.33. The van der Waals surface area contributed by atoms with E-state index in [0.717, 1.165) is 0 Å². The summed E-state index contributed by atoms with van der Waals surface area (Å²) in [4.78, 5) is 24.2. The number of Topliss-reactive ketones (excluding diaryl/α,β-unsaturated/α-hetero) is 2. The van der Waals surface area contributed by atoms with E-state index in [9.17, 15) is 9.59 Å². The van der Waals surface area contributed by atoms with Crippen LogP contribution in [0.25, 0.3) is 0 Å². The van der Waals surface area contributed by atoms with Crippen molar-refractivity contribution in [2.24, 2.45) is 0 Å². The van der Waals surface area contributed by atoms with Gasteiger partial charge in [-0.15, -0.1) is 0 Å². The Labute approximate surface area is 115 Å². The summed E-state index contributed by atoms with van der Waals surface area (Å²) in [6, 6.07) is 13.7. The Hall–Kier alpha value is -2.62. The third kappa shape index (κ3) is 1.95. The summed E-state index contributed by atoms with van der Waals surface area (Å²) in [5.41, 5.74) is 0.959. The summed E-state index contributed by atoms with van der Waals surface area (Å²) in [7, 11) is 1.57. The molecule has 0 saturated heterocycles. The zero-order chi connectivity index (χ0) is 14.1.